The number of ether oxygens (including phenoxy) is 2. The number of carbonyl (C=O) groups is 4. The number of esters is 1. The Morgan fingerprint density at radius 3 is 2.55 bits per heavy atom. The lowest BCUT2D eigenvalue weighted by Gasteiger charge is -2.22. The van der Waals surface area contributed by atoms with Crippen molar-refractivity contribution in [3.8, 4) is 5.75 Å². The topological polar surface area (TPSA) is 127 Å². The van der Waals surface area contributed by atoms with Crippen LogP contribution in [0, 0.1) is 0 Å². The van der Waals surface area contributed by atoms with Crippen molar-refractivity contribution in [3.05, 3.63) is 40.9 Å². The maximum atomic E-state index is 12.9. The Kier molecular flexibility index (Phi) is 5.50. The molecule has 0 bridgehead atoms. The van der Waals surface area contributed by atoms with Gasteiger partial charge in [-0.15, -0.1) is 0 Å². The second-order valence-electron chi connectivity index (χ2n) is 6.24. The molecule has 1 aromatic carbocycles. The maximum absolute atomic E-state index is 12.9. The zero-order valence-electron chi connectivity index (χ0n) is 15.8. The molecule has 1 fully saturated rings. The van der Waals surface area contributed by atoms with Crippen molar-refractivity contribution in [2.24, 2.45) is 0 Å². The van der Waals surface area contributed by atoms with Crippen molar-refractivity contribution in [2.75, 3.05) is 26.1 Å². The average Bonchev–Trinajstić information content (AvgIpc) is 3.26. The lowest BCUT2D eigenvalue weighted by Crippen LogP contribution is -2.42. The highest BCUT2D eigenvalue weighted by atomic mass is 32.1. The number of hydrogen-bond donors (Lipinski definition) is 2. The molecule has 29 heavy (non-hydrogen) atoms. The first-order chi connectivity index (χ1) is 13.8. The van der Waals surface area contributed by atoms with Crippen LogP contribution in [0.5, 0.6) is 5.75 Å². The normalized spacial score (nSPS) is 18.4. The number of nitrogens with one attached hydrogen (secondary N) is 2. The molecule has 1 unspecified atom stereocenters. The van der Waals surface area contributed by atoms with Crippen molar-refractivity contribution in [1.29, 1.82) is 0 Å². The number of methoxy groups -OCH3 is 2. The minimum absolute atomic E-state index is 0.153. The number of thiazole rings is 1. The molecule has 3 rings (SSSR count). The Labute approximate surface area is 169 Å². The number of anilines is 1. The number of aromatic nitrogens is 1. The number of urea groups is 1. The van der Waals surface area contributed by atoms with Gasteiger partial charge in [0.2, 0.25) is 5.91 Å². The van der Waals surface area contributed by atoms with E-state index in [4.69, 9.17) is 4.74 Å². The Balaban J connectivity index is 1.70. The Hall–Kier alpha value is -3.47. The van der Waals surface area contributed by atoms with E-state index in [1.165, 1.54) is 20.4 Å². The predicted molar refractivity (Wildman–Crippen MR) is 103 cm³/mol. The minimum atomic E-state index is -1.30. The summed E-state index contributed by atoms with van der Waals surface area (Å²) >= 11 is 0.920. The van der Waals surface area contributed by atoms with Gasteiger partial charge in [-0.05, 0) is 24.6 Å². The molecule has 0 radical (unpaired) electrons. The number of amides is 4. The third-order valence-corrected chi connectivity index (χ3v) is 5.28. The highest BCUT2D eigenvalue weighted by Gasteiger charge is 2.49. The van der Waals surface area contributed by atoms with Crippen molar-refractivity contribution in [2.45, 2.75) is 12.5 Å². The summed E-state index contributed by atoms with van der Waals surface area (Å²) in [7, 11) is 2.76. The van der Waals surface area contributed by atoms with Gasteiger partial charge in [-0.2, -0.15) is 0 Å². The van der Waals surface area contributed by atoms with Gasteiger partial charge in [0.1, 0.15) is 22.7 Å². The molecule has 152 valence electrons. The van der Waals surface area contributed by atoms with Gasteiger partial charge in [-0.1, -0.05) is 23.5 Å². The van der Waals surface area contributed by atoms with Gasteiger partial charge in [0, 0.05) is 0 Å². The van der Waals surface area contributed by atoms with Crippen LogP contribution in [0.3, 0.4) is 0 Å². The summed E-state index contributed by atoms with van der Waals surface area (Å²) in [5, 5.41) is 5.24. The summed E-state index contributed by atoms with van der Waals surface area (Å²) in [5.74, 6) is -1.15. The van der Waals surface area contributed by atoms with Gasteiger partial charge in [-0.3, -0.25) is 14.5 Å². The quantitative estimate of drug-likeness (QED) is 0.535. The number of imide groups is 1. The fourth-order valence-corrected chi connectivity index (χ4v) is 3.54. The van der Waals surface area contributed by atoms with E-state index in [0.717, 1.165) is 16.2 Å². The van der Waals surface area contributed by atoms with Crippen LogP contribution in [0.4, 0.5) is 9.93 Å². The molecule has 0 saturated carbocycles. The second-order valence-corrected chi connectivity index (χ2v) is 7.28. The molecular formula is C18H18N4O6S. The van der Waals surface area contributed by atoms with Crippen LogP contribution in [0.25, 0.3) is 0 Å². The van der Waals surface area contributed by atoms with Gasteiger partial charge in [0.15, 0.2) is 5.13 Å². The number of rotatable bonds is 6. The van der Waals surface area contributed by atoms with E-state index in [0.29, 0.717) is 11.3 Å². The summed E-state index contributed by atoms with van der Waals surface area (Å²) in [6.45, 7) is 1.07. The molecule has 1 aliphatic heterocycles. The van der Waals surface area contributed by atoms with E-state index >= 15 is 0 Å². The van der Waals surface area contributed by atoms with Gasteiger partial charge < -0.3 is 20.1 Å². The molecule has 10 nitrogen and oxygen atoms in total. The van der Waals surface area contributed by atoms with E-state index in [9.17, 15) is 19.2 Å². The fourth-order valence-electron chi connectivity index (χ4n) is 2.79. The van der Waals surface area contributed by atoms with Crippen LogP contribution < -0.4 is 15.4 Å². The zero-order chi connectivity index (χ0) is 21.2. The molecule has 0 aliphatic carbocycles. The van der Waals surface area contributed by atoms with E-state index in [-0.39, 0.29) is 10.0 Å². The molecule has 2 heterocycles. The molecular weight excluding hydrogens is 400 g/mol. The molecule has 4 amide bonds. The van der Waals surface area contributed by atoms with Crippen LogP contribution in [0.1, 0.15) is 22.2 Å². The Bertz CT molecular complexity index is 973. The monoisotopic (exact) mass is 418 g/mol. The third-order valence-electron chi connectivity index (χ3n) is 4.38. The minimum Gasteiger partial charge on any atom is -0.497 e. The molecule has 2 aromatic rings. The standard InChI is InChI=1S/C18H18N4O6S/c1-18(10-4-6-11(27-2)7-5-10)15(25)22(17(26)21-18)9-13(23)20-16-19-8-12(29-16)14(24)28-3/h4-8H,9H2,1-3H3,(H,21,26)(H,19,20,23). The molecule has 1 atom stereocenters. The molecule has 1 aromatic heterocycles. The van der Waals surface area contributed by atoms with Gasteiger partial charge >= 0.3 is 12.0 Å². The first-order valence-corrected chi connectivity index (χ1v) is 9.22. The van der Waals surface area contributed by atoms with Gasteiger partial charge in [0.05, 0.1) is 20.4 Å². The highest BCUT2D eigenvalue weighted by molar-refractivity contribution is 7.17. The summed E-state index contributed by atoms with van der Waals surface area (Å²) in [4.78, 5) is 53.9. The zero-order valence-corrected chi connectivity index (χ0v) is 16.7. The van der Waals surface area contributed by atoms with E-state index in [2.05, 4.69) is 20.4 Å². The van der Waals surface area contributed by atoms with Crippen LogP contribution in [0.15, 0.2) is 30.5 Å². The third kappa shape index (κ3) is 3.90. The van der Waals surface area contributed by atoms with E-state index < -0.39 is 35.9 Å². The van der Waals surface area contributed by atoms with Gasteiger partial charge in [0.25, 0.3) is 5.91 Å². The number of hydrogen-bond acceptors (Lipinski definition) is 8. The molecule has 1 saturated heterocycles. The lowest BCUT2D eigenvalue weighted by atomic mass is 9.92. The smallest absolute Gasteiger partial charge is 0.349 e. The molecule has 1 aliphatic rings. The maximum Gasteiger partial charge on any atom is 0.349 e. The van der Waals surface area contributed by atoms with Crippen molar-refractivity contribution in [1.82, 2.24) is 15.2 Å². The summed E-state index contributed by atoms with van der Waals surface area (Å²) in [5.41, 5.74) is -0.745. The van der Waals surface area contributed by atoms with E-state index in [1.54, 1.807) is 31.2 Å². The molecule has 0 spiro atoms. The molecule has 11 heteroatoms. The van der Waals surface area contributed by atoms with Crippen LogP contribution >= 0.6 is 11.3 Å². The van der Waals surface area contributed by atoms with Crippen molar-refractivity contribution >= 4 is 40.3 Å². The first kappa shape index (κ1) is 20.3. The summed E-state index contributed by atoms with van der Waals surface area (Å²) in [6, 6.07) is 6.01. The number of carbonyl (C=O) groups excluding carboxylic acids is 4. The highest BCUT2D eigenvalue weighted by Crippen LogP contribution is 2.30. The van der Waals surface area contributed by atoms with E-state index in [1.807, 2.05) is 0 Å². The van der Waals surface area contributed by atoms with Crippen molar-refractivity contribution < 1.29 is 28.7 Å². The number of nitrogens with zero attached hydrogens (tertiary/aromatic N) is 2. The largest absolute Gasteiger partial charge is 0.497 e. The first-order valence-electron chi connectivity index (χ1n) is 8.41. The van der Waals surface area contributed by atoms with Crippen LogP contribution in [-0.2, 0) is 19.9 Å². The molecule has 2 N–H and O–H groups in total. The average molecular weight is 418 g/mol. The SMILES string of the molecule is COC(=O)c1cnc(NC(=O)CN2C(=O)NC(C)(c3ccc(OC)cc3)C2=O)s1. The predicted octanol–water partition coefficient (Wildman–Crippen LogP) is 1.34. The second kappa shape index (κ2) is 7.87. The van der Waals surface area contributed by atoms with Crippen molar-refractivity contribution in [3.63, 3.8) is 0 Å². The fraction of sp³-hybridized carbons (Fsp3) is 0.278. The Morgan fingerprint density at radius 1 is 1.24 bits per heavy atom. The van der Waals surface area contributed by atoms with Gasteiger partial charge in [-0.25, -0.2) is 14.6 Å². The summed E-state index contributed by atoms with van der Waals surface area (Å²) in [6.07, 6.45) is 1.26. The Morgan fingerprint density at radius 2 is 1.93 bits per heavy atom. The summed E-state index contributed by atoms with van der Waals surface area (Å²) < 4.78 is 9.67. The number of benzene rings is 1. The van der Waals surface area contributed by atoms with Crippen LogP contribution in [0.2, 0.25) is 0 Å². The van der Waals surface area contributed by atoms with Crippen LogP contribution in [-0.4, -0.2) is 54.5 Å². The lowest BCUT2D eigenvalue weighted by molar-refractivity contribution is -0.133.